The van der Waals surface area contributed by atoms with Crippen LogP contribution in [0.3, 0.4) is 0 Å². The standard InChI is InChI=1S/C21H27N3O4/c25-16-4-3-11-24(13-16)21(27)14-7-9-15(10-8-14)22-19(26)12-20-23-17-5-1-2-6-18(17)28-20/h1-2,5-6,14-16,25H,3-4,7-13H2,(H,22,26). The van der Waals surface area contributed by atoms with Gasteiger partial charge in [0, 0.05) is 25.0 Å². The van der Waals surface area contributed by atoms with Crippen LogP contribution in [0.1, 0.15) is 44.4 Å². The van der Waals surface area contributed by atoms with Crippen molar-refractivity contribution in [3.8, 4) is 0 Å². The topological polar surface area (TPSA) is 95.7 Å². The smallest absolute Gasteiger partial charge is 0.229 e. The SMILES string of the molecule is O=C(Cc1nc2ccccc2o1)NC1CCC(C(=O)N2CCCC(O)C2)CC1. The summed E-state index contributed by atoms with van der Waals surface area (Å²) in [5.41, 5.74) is 1.44. The first-order valence-electron chi connectivity index (χ1n) is 10.2. The lowest BCUT2D eigenvalue weighted by atomic mass is 9.84. The Morgan fingerprint density at radius 1 is 1.18 bits per heavy atom. The molecule has 2 fully saturated rings. The summed E-state index contributed by atoms with van der Waals surface area (Å²) in [6.07, 6.45) is 4.53. The first-order valence-corrected chi connectivity index (χ1v) is 10.2. The van der Waals surface area contributed by atoms with Crippen LogP contribution in [0.2, 0.25) is 0 Å². The molecule has 1 saturated carbocycles. The molecule has 28 heavy (non-hydrogen) atoms. The van der Waals surface area contributed by atoms with Gasteiger partial charge in [0.2, 0.25) is 17.7 Å². The van der Waals surface area contributed by atoms with Gasteiger partial charge in [0.15, 0.2) is 5.58 Å². The number of nitrogens with one attached hydrogen (secondary N) is 1. The van der Waals surface area contributed by atoms with Gasteiger partial charge in [-0.3, -0.25) is 9.59 Å². The second kappa shape index (κ2) is 8.31. The van der Waals surface area contributed by atoms with Crippen molar-refractivity contribution < 1.29 is 19.1 Å². The van der Waals surface area contributed by atoms with Gasteiger partial charge in [0.05, 0.1) is 6.10 Å². The van der Waals surface area contributed by atoms with Crippen LogP contribution < -0.4 is 5.32 Å². The number of carbonyl (C=O) groups excluding carboxylic acids is 2. The van der Waals surface area contributed by atoms with Crippen molar-refractivity contribution >= 4 is 22.9 Å². The van der Waals surface area contributed by atoms with E-state index in [4.69, 9.17) is 4.42 Å². The molecule has 0 spiro atoms. The van der Waals surface area contributed by atoms with Crippen molar-refractivity contribution in [1.29, 1.82) is 0 Å². The first kappa shape index (κ1) is 18.9. The summed E-state index contributed by atoms with van der Waals surface area (Å²) < 4.78 is 5.61. The van der Waals surface area contributed by atoms with E-state index in [1.54, 1.807) is 0 Å². The molecule has 1 aliphatic heterocycles. The minimum Gasteiger partial charge on any atom is -0.440 e. The number of carbonyl (C=O) groups is 2. The number of hydrogen-bond donors (Lipinski definition) is 2. The predicted molar refractivity (Wildman–Crippen MR) is 103 cm³/mol. The number of piperidine rings is 1. The zero-order valence-electron chi connectivity index (χ0n) is 16.0. The maximum absolute atomic E-state index is 12.7. The van der Waals surface area contributed by atoms with Crippen LogP contribution in [-0.4, -0.2) is 52.0 Å². The number of aliphatic hydroxyl groups is 1. The zero-order valence-corrected chi connectivity index (χ0v) is 16.0. The van der Waals surface area contributed by atoms with Crippen molar-refractivity contribution in [2.45, 2.75) is 57.1 Å². The Balaban J connectivity index is 1.24. The molecule has 0 bridgehead atoms. The van der Waals surface area contributed by atoms with Gasteiger partial charge in [0.25, 0.3) is 0 Å². The number of amides is 2. The van der Waals surface area contributed by atoms with E-state index in [0.717, 1.165) is 50.6 Å². The Hall–Kier alpha value is -2.41. The highest BCUT2D eigenvalue weighted by Crippen LogP contribution is 2.27. The Labute approximate surface area is 164 Å². The van der Waals surface area contributed by atoms with Crippen LogP contribution in [0.25, 0.3) is 11.1 Å². The molecule has 150 valence electrons. The van der Waals surface area contributed by atoms with Crippen molar-refractivity contribution in [2.24, 2.45) is 5.92 Å². The van der Waals surface area contributed by atoms with Gasteiger partial charge < -0.3 is 19.7 Å². The first-order chi connectivity index (χ1) is 13.6. The van der Waals surface area contributed by atoms with Gasteiger partial charge >= 0.3 is 0 Å². The van der Waals surface area contributed by atoms with E-state index < -0.39 is 0 Å². The van der Waals surface area contributed by atoms with Crippen molar-refractivity contribution in [3.05, 3.63) is 30.2 Å². The number of β-amino-alcohol motifs (C(OH)–C–C–N with tert-alkyl or cyclic N) is 1. The van der Waals surface area contributed by atoms with Crippen LogP contribution in [0, 0.1) is 5.92 Å². The molecule has 1 unspecified atom stereocenters. The molecule has 2 amide bonds. The second-order valence-electron chi connectivity index (χ2n) is 7.95. The third-order valence-electron chi connectivity index (χ3n) is 5.80. The third-order valence-corrected chi connectivity index (χ3v) is 5.80. The number of fused-ring (bicyclic) bond motifs is 1. The van der Waals surface area contributed by atoms with Crippen molar-refractivity contribution in [3.63, 3.8) is 0 Å². The number of aliphatic hydroxyl groups excluding tert-OH is 1. The number of aromatic nitrogens is 1. The highest BCUT2D eigenvalue weighted by atomic mass is 16.3. The molecular formula is C21H27N3O4. The lowest BCUT2D eigenvalue weighted by Gasteiger charge is -2.35. The van der Waals surface area contributed by atoms with Crippen molar-refractivity contribution in [1.82, 2.24) is 15.2 Å². The van der Waals surface area contributed by atoms with Crippen LogP contribution in [0.15, 0.2) is 28.7 Å². The summed E-state index contributed by atoms with van der Waals surface area (Å²) in [5, 5.41) is 12.8. The second-order valence-corrected chi connectivity index (χ2v) is 7.95. The summed E-state index contributed by atoms with van der Waals surface area (Å²) in [5.74, 6) is 0.497. The number of oxazole rings is 1. The average Bonchev–Trinajstić information content (AvgIpc) is 3.10. The van der Waals surface area contributed by atoms with Crippen molar-refractivity contribution in [2.75, 3.05) is 13.1 Å². The largest absolute Gasteiger partial charge is 0.440 e. The summed E-state index contributed by atoms with van der Waals surface area (Å²) in [4.78, 5) is 31.2. The lowest BCUT2D eigenvalue weighted by molar-refractivity contribution is -0.139. The predicted octanol–water partition coefficient (Wildman–Crippen LogP) is 2.03. The molecule has 2 N–H and O–H groups in total. The van der Waals surface area contributed by atoms with Gasteiger partial charge in [-0.15, -0.1) is 0 Å². The summed E-state index contributed by atoms with van der Waals surface area (Å²) in [6, 6.07) is 7.55. The van der Waals surface area contributed by atoms with E-state index in [2.05, 4.69) is 10.3 Å². The van der Waals surface area contributed by atoms with Gasteiger partial charge in [-0.2, -0.15) is 0 Å². The zero-order chi connectivity index (χ0) is 19.5. The number of para-hydroxylation sites is 2. The van der Waals surface area contributed by atoms with E-state index in [-0.39, 0.29) is 36.3 Å². The monoisotopic (exact) mass is 385 g/mol. The third kappa shape index (κ3) is 4.35. The fourth-order valence-corrected chi connectivity index (χ4v) is 4.31. The minimum absolute atomic E-state index is 0.00971. The summed E-state index contributed by atoms with van der Waals surface area (Å²) in [7, 11) is 0. The van der Waals surface area contributed by atoms with Crippen LogP contribution >= 0.6 is 0 Å². The fraction of sp³-hybridized carbons (Fsp3) is 0.571. The molecule has 2 aliphatic rings. The van der Waals surface area contributed by atoms with E-state index in [9.17, 15) is 14.7 Å². The normalized spacial score (nSPS) is 25.6. The van der Waals surface area contributed by atoms with Crippen LogP contribution in [0.4, 0.5) is 0 Å². The Bertz CT molecular complexity index is 808. The van der Waals surface area contributed by atoms with Gasteiger partial charge in [-0.1, -0.05) is 12.1 Å². The number of rotatable bonds is 4. The van der Waals surface area contributed by atoms with Crippen LogP contribution in [0.5, 0.6) is 0 Å². The molecule has 4 rings (SSSR count). The molecule has 7 heteroatoms. The molecule has 1 aromatic heterocycles. The van der Waals surface area contributed by atoms with Gasteiger partial charge in [-0.25, -0.2) is 4.98 Å². The molecule has 1 aromatic carbocycles. The molecule has 7 nitrogen and oxygen atoms in total. The molecule has 1 atom stereocenters. The number of nitrogens with zero attached hydrogens (tertiary/aromatic N) is 2. The summed E-state index contributed by atoms with van der Waals surface area (Å²) in [6.45, 7) is 1.21. The van der Waals surface area contributed by atoms with Crippen LogP contribution in [-0.2, 0) is 16.0 Å². The summed E-state index contributed by atoms with van der Waals surface area (Å²) >= 11 is 0. The maximum Gasteiger partial charge on any atom is 0.229 e. The minimum atomic E-state index is -0.389. The highest BCUT2D eigenvalue weighted by Gasteiger charge is 2.32. The Morgan fingerprint density at radius 2 is 1.96 bits per heavy atom. The highest BCUT2D eigenvalue weighted by molar-refractivity contribution is 5.80. The number of likely N-dealkylation sites (tertiary alicyclic amines) is 1. The Morgan fingerprint density at radius 3 is 2.71 bits per heavy atom. The Kier molecular flexibility index (Phi) is 5.62. The van der Waals surface area contributed by atoms with Gasteiger partial charge in [-0.05, 0) is 50.7 Å². The lowest BCUT2D eigenvalue weighted by Crippen LogP contribution is -2.47. The van der Waals surface area contributed by atoms with E-state index >= 15 is 0 Å². The van der Waals surface area contributed by atoms with E-state index in [1.807, 2.05) is 29.2 Å². The maximum atomic E-state index is 12.7. The molecule has 1 aliphatic carbocycles. The van der Waals surface area contributed by atoms with E-state index in [0.29, 0.717) is 18.0 Å². The molecule has 0 radical (unpaired) electrons. The molecular weight excluding hydrogens is 358 g/mol. The average molecular weight is 385 g/mol. The number of benzene rings is 1. The van der Waals surface area contributed by atoms with E-state index in [1.165, 1.54) is 0 Å². The molecule has 2 heterocycles. The molecule has 2 aromatic rings. The van der Waals surface area contributed by atoms with Gasteiger partial charge in [0.1, 0.15) is 11.9 Å². The number of hydrogen-bond acceptors (Lipinski definition) is 5. The fourth-order valence-electron chi connectivity index (χ4n) is 4.31. The quantitative estimate of drug-likeness (QED) is 0.840. The molecule has 1 saturated heterocycles.